The molecule has 2 aliphatic rings. The number of ether oxygens (including phenoxy) is 2. The van der Waals surface area contributed by atoms with Gasteiger partial charge in [0.15, 0.2) is 6.04 Å². The molecule has 166 valence electrons. The fraction of sp³-hybridized carbons (Fsp3) is 0.292. The van der Waals surface area contributed by atoms with Crippen molar-refractivity contribution in [2.24, 2.45) is 0 Å². The maximum atomic E-state index is 12.8. The first kappa shape index (κ1) is 22.0. The van der Waals surface area contributed by atoms with Crippen molar-refractivity contribution in [1.29, 1.82) is 0 Å². The standard InChI is InChI=1S/C24H24N2O5S/c1-15-14-32-23-20(25-19(27)12-16-6-4-3-5-7-16)22(28)26(23)21(15)24(29)31-13-17-8-10-18(30-2)11-9-17/h3-11,20-21,23H,1,12-14H2,2H3,(H,25,27)/t20?,21?,23-/m1/s1. The Morgan fingerprint density at radius 3 is 2.53 bits per heavy atom. The van der Waals surface area contributed by atoms with Crippen molar-refractivity contribution in [3.8, 4) is 5.75 Å². The second kappa shape index (κ2) is 9.48. The van der Waals surface area contributed by atoms with Crippen LogP contribution in [-0.4, -0.2) is 53.0 Å². The van der Waals surface area contributed by atoms with E-state index in [0.29, 0.717) is 17.1 Å². The number of hydrogen-bond donors (Lipinski definition) is 1. The highest BCUT2D eigenvalue weighted by Gasteiger charge is 2.56. The fourth-order valence-corrected chi connectivity index (χ4v) is 5.09. The van der Waals surface area contributed by atoms with Gasteiger partial charge in [0.2, 0.25) is 11.8 Å². The van der Waals surface area contributed by atoms with Crippen LogP contribution in [0, 0.1) is 0 Å². The van der Waals surface area contributed by atoms with Gasteiger partial charge in [-0.05, 0) is 28.8 Å². The normalized spacial score (nSPS) is 21.9. The molecule has 4 rings (SSSR count). The van der Waals surface area contributed by atoms with Crippen LogP contribution in [0.1, 0.15) is 11.1 Å². The molecule has 0 spiro atoms. The Balaban J connectivity index is 1.36. The number of carbonyl (C=O) groups is 3. The Bertz CT molecular complexity index is 1020. The van der Waals surface area contributed by atoms with E-state index in [-0.39, 0.29) is 30.2 Å². The molecule has 32 heavy (non-hydrogen) atoms. The predicted octanol–water partition coefficient (Wildman–Crippen LogP) is 2.31. The van der Waals surface area contributed by atoms with Crippen molar-refractivity contribution in [3.63, 3.8) is 0 Å². The van der Waals surface area contributed by atoms with Crippen molar-refractivity contribution in [2.75, 3.05) is 12.9 Å². The third-order valence-corrected chi connectivity index (χ3v) is 6.85. The minimum Gasteiger partial charge on any atom is -0.497 e. The van der Waals surface area contributed by atoms with E-state index in [1.165, 1.54) is 16.7 Å². The monoisotopic (exact) mass is 452 g/mol. The third kappa shape index (κ3) is 4.50. The zero-order valence-electron chi connectivity index (χ0n) is 17.7. The molecule has 8 heteroatoms. The van der Waals surface area contributed by atoms with Crippen molar-refractivity contribution < 1.29 is 23.9 Å². The highest BCUT2D eigenvalue weighted by molar-refractivity contribution is 8.00. The topological polar surface area (TPSA) is 84.9 Å². The number of methoxy groups -OCH3 is 1. The summed E-state index contributed by atoms with van der Waals surface area (Å²) in [4.78, 5) is 39.5. The van der Waals surface area contributed by atoms with Crippen molar-refractivity contribution in [1.82, 2.24) is 10.2 Å². The number of esters is 1. The van der Waals surface area contributed by atoms with Crippen molar-refractivity contribution in [2.45, 2.75) is 30.5 Å². The number of nitrogens with one attached hydrogen (secondary N) is 1. The van der Waals surface area contributed by atoms with Gasteiger partial charge in [-0.1, -0.05) is 49.0 Å². The molecule has 2 aromatic carbocycles. The molecule has 0 radical (unpaired) electrons. The van der Waals surface area contributed by atoms with Crippen molar-refractivity contribution in [3.05, 3.63) is 77.9 Å². The largest absolute Gasteiger partial charge is 0.497 e. The molecule has 3 atom stereocenters. The van der Waals surface area contributed by atoms with E-state index in [0.717, 1.165) is 11.1 Å². The van der Waals surface area contributed by atoms with E-state index in [2.05, 4.69) is 11.9 Å². The summed E-state index contributed by atoms with van der Waals surface area (Å²) in [5, 5.41) is 2.50. The molecule has 2 amide bonds. The van der Waals surface area contributed by atoms with Gasteiger partial charge in [0, 0.05) is 5.75 Å². The number of amides is 2. The lowest BCUT2D eigenvalue weighted by atomic mass is 9.98. The van der Waals surface area contributed by atoms with Gasteiger partial charge in [-0.15, -0.1) is 11.8 Å². The Kier molecular flexibility index (Phi) is 6.50. The van der Waals surface area contributed by atoms with Gasteiger partial charge < -0.3 is 19.7 Å². The van der Waals surface area contributed by atoms with Crippen LogP contribution in [-0.2, 0) is 32.1 Å². The number of nitrogens with zero attached hydrogens (tertiary/aromatic N) is 1. The molecular weight excluding hydrogens is 428 g/mol. The summed E-state index contributed by atoms with van der Waals surface area (Å²) in [6.07, 6.45) is 0.196. The predicted molar refractivity (Wildman–Crippen MR) is 121 cm³/mol. The first-order valence-electron chi connectivity index (χ1n) is 10.2. The summed E-state index contributed by atoms with van der Waals surface area (Å²) in [6.45, 7) is 4.06. The number of thioether (sulfide) groups is 1. The van der Waals surface area contributed by atoms with Crippen LogP contribution in [0.5, 0.6) is 5.75 Å². The summed E-state index contributed by atoms with van der Waals surface area (Å²) >= 11 is 1.49. The number of rotatable bonds is 7. The highest BCUT2D eigenvalue weighted by Crippen LogP contribution is 2.40. The lowest BCUT2D eigenvalue weighted by molar-refractivity contribution is -0.164. The lowest BCUT2D eigenvalue weighted by Gasteiger charge is -2.52. The molecule has 2 aliphatic heterocycles. The first-order chi connectivity index (χ1) is 15.5. The molecule has 2 unspecified atom stereocenters. The number of β-lactam (4-membered cyclic amide) rings is 1. The molecule has 0 aromatic heterocycles. The summed E-state index contributed by atoms with van der Waals surface area (Å²) in [5.74, 6) is 0.196. The van der Waals surface area contributed by atoms with E-state index in [9.17, 15) is 14.4 Å². The van der Waals surface area contributed by atoms with E-state index in [4.69, 9.17) is 9.47 Å². The van der Waals surface area contributed by atoms with Gasteiger partial charge in [0.05, 0.1) is 13.5 Å². The number of carbonyl (C=O) groups excluding carboxylic acids is 3. The zero-order chi connectivity index (χ0) is 22.7. The van der Waals surface area contributed by atoms with E-state index in [1.54, 1.807) is 19.2 Å². The summed E-state index contributed by atoms with van der Waals surface area (Å²) in [6, 6.07) is 15.1. The summed E-state index contributed by atoms with van der Waals surface area (Å²) in [7, 11) is 1.58. The molecule has 1 N–H and O–H groups in total. The van der Waals surface area contributed by atoms with Crippen LogP contribution < -0.4 is 10.1 Å². The number of hydrogen-bond acceptors (Lipinski definition) is 6. The number of benzene rings is 2. The van der Waals surface area contributed by atoms with E-state index >= 15 is 0 Å². The molecule has 0 aliphatic carbocycles. The second-order valence-corrected chi connectivity index (χ2v) is 8.78. The van der Waals surface area contributed by atoms with Crippen LogP contribution in [0.4, 0.5) is 0 Å². The van der Waals surface area contributed by atoms with Gasteiger partial charge in [0.1, 0.15) is 23.8 Å². The van der Waals surface area contributed by atoms with Gasteiger partial charge in [-0.3, -0.25) is 9.59 Å². The molecule has 2 fully saturated rings. The molecule has 0 saturated carbocycles. The Labute approximate surface area is 190 Å². The Morgan fingerprint density at radius 2 is 1.84 bits per heavy atom. The van der Waals surface area contributed by atoms with Crippen LogP contribution in [0.3, 0.4) is 0 Å². The molecule has 7 nitrogen and oxygen atoms in total. The SMILES string of the molecule is C=C1CS[C@@H]2C(NC(=O)Cc3ccccc3)C(=O)N2C1C(=O)OCc1ccc(OC)cc1. The van der Waals surface area contributed by atoms with Crippen LogP contribution in [0.2, 0.25) is 0 Å². The minimum atomic E-state index is -0.839. The minimum absolute atomic E-state index is 0.0870. The average molecular weight is 453 g/mol. The molecule has 2 aromatic rings. The van der Waals surface area contributed by atoms with Crippen LogP contribution in [0.25, 0.3) is 0 Å². The van der Waals surface area contributed by atoms with Crippen molar-refractivity contribution >= 4 is 29.5 Å². The first-order valence-corrected chi connectivity index (χ1v) is 11.3. The maximum Gasteiger partial charge on any atom is 0.333 e. The fourth-order valence-electron chi connectivity index (χ4n) is 3.78. The molecule has 2 saturated heterocycles. The second-order valence-electron chi connectivity index (χ2n) is 7.67. The van der Waals surface area contributed by atoms with Crippen LogP contribution in [0.15, 0.2) is 66.7 Å². The smallest absolute Gasteiger partial charge is 0.333 e. The Morgan fingerprint density at radius 1 is 1.12 bits per heavy atom. The summed E-state index contributed by atoms with van der Waals surface area (Å²) < 4.78 is 10.6. The number of fused-ring (bicyclic) bond motifs is 1. The Hall–Kier alpha value is -3.26. The third-order valence-electron chi connectivity index (χ3n) is 5.47. The maximum absolute atomic E-state index is 12.8. The van der Waals surface area contributed by atoms with Gasteiger partial charge in [-0.2, -0.15) is 0 Å². The van der Waals surface area contributed by atoms with Gasteiger partial charge in [-0.25, -0.2) is 4.79 Å². The van der Waals surface area contributed by atoms with Crippen LogP contribution >= 0.6 is 11.8 Å². The zero-order valence-corrected chi connectivity index (χ0v) is 18.5. The average Bonchev–Trinajstić information content (AvgIpc) is 2.81. The summed E-state index contributed by atoms with van der Waals surface area (Å²) in [5.41, 5.74) is 2.30. The highest BCUT2D eigenvalue weighted by atomic mass is 32.2. The molecular formula is C24H24N2O5S. The van der Waals surface area contributed by atoms with E-state index < -0.39 is 18.1 Å². The lowest BCUT2D eigenvalue weighted by Crippen LogP contribution is -2.74. The van der Waals surface area contributed by atoms with Gasteiger partial charge >= 0.3 is 5.97 Å². The molecule has 0 bridgehead atoms. The van der Waals surface area contributed by atoms with Gasteiger partial charge in [0.25, 0.3) is 0 Å². The quantitative estimate of drug-likeness (QED) is 0.394. The van der Waals surface area contributed by atoms with E-state index in [1.807, 2.05) is 42.5 Å². The molecule has 2 heterocycles.